The molecule has 1 N–H and O–H groups in total. The number of esters is 1. The Morgan fingerprint density at radius 2 is 2.00 bits per heavy atom. The van der Waals surface area contributed by atoms with Gasteiger partial charge in [0.25, 0.3) is 0 Å². The fourth-order valence-electron chi connectivity index (χ4n) is 1.81. The second-order valence-corrected chi connectivity index (χ2v) is 5.80. The molecule has 1 heterocycles. The van der Waals surface area contributed by atoms with E-state index in [1.807, 2.05) is 0 Å². The number of aliphatic hydroxyl groups excluding tert-OH is 1. The van der Waals surface area contributed by atoms with Gasteiger partial charge >= 0.3 is 5.97 Å². The van der Waals surface area contributed by atoms with Crippen molar-refractivity contribution in [3.8, 4) is 5.75 Å². The Hall–Kier alpha value is -1.86. The summed E-state index contributed by atoms with van der Waals surface area (Å²) in [4.78, 5) is 10.9. The van der Waals surface area contributed by atoms with Crippen molar-refractivity contribution in [2.45, 2.75) is 11.0 Å². The number of ether oxygens (including phenoxy) is 2. The van der Waals surface area contributed by atoms with E-state index in [4.69, 9.17) is 4.74 Å². The fraction of sp³-hybridized carbons (Fsp3) is 0.250. The molecule has 1 atom stereocenters. The second-order valence-electron chi connectivity index (χ2n) is 3.88. The largest absolute Gasteiger partial charge is 0.497 e. The molecule has 1 aliphatic heterocycles. The van der Waals surface area contributed by atoms with Gasteiger partial charge < -0.3 is 14.6 Å². The van der Waals surface area contributed by atoms with E-state index in [0.717, 1.165) is 7.11 Å². The molecule has 0 radical (unpaired) electrons. The molecule has 7 heteroatoms. The summed E-state index contributed by atoms with van der Waals surface area (Å²) in [5.74, 6) is -0.640. The molecule has 1 unspecified atom stereocenters. The Morgan fingerprint density at radius 3 is 2.58 bits per heavy atom. The van der Waals surface area contributed by atoms with E-state index in [-0.39, 0.29) is 9.80 Å². The average Bonchev–Trinajstić information content (AvgIpc) is 2.68. The predicted molar refractivity (Wildman–Crippen MR) is 66.2 cm³/mol. The molecule has 19 heavy (non-hydrogen) atoms. The molecule has 1 aromatic carbocycles. The molecular weight excluding hydrogens is 272 g/mol. The third-order valence-corrected chi connectivity index (χ3v) is 4.71. The number of rotatable bonds is 3. The number of benzene rings is 1. The van der Waals surface area contributed by atoms with Gasteiger partial charge in [0.05, 0.1) is 24.0 Å². The predicted octanol–water partition coefficient (Wildman–Crippen LogP) is 0.357. The third-order valence-electron chi connectivity index (χ3n) is 2.81. The van der Waals surface area contributed by atoms with Crippen molar-refractivity contribution in [3.63, 3.8) is 0 Å². The lowest BCUT2D eigenvalue weighted by molar-refractivity contribution is -0.147. The van der Waals surface area contributed by atoms with Crippen LogP contribution in [0.15, 0.2) is 28.0 Å². The molecule has 0 aliphatic carbocycles. The lowest BCUT2D eigenvalue weighted by Crippen LogP contribution is -2.26. The maximum absolute atomic E-state index is 12.2. The van der Waals surface area contributed by atoms with Crippen molar-refractivity contribution >= 4 is 21.9 Å². The Bertz CT molecular complexity index is 659. The summed E-state index contributed by atoms with van der Waals surface area (Å²) in [6, 6.07) is 4.49. The van der Waals surface area contributed by atoms with Crippen molar-refractivity contribution in [1.82, 2.24) is 0 Å². The number of carbonyl (C=O) groups is 1. The normalized spacial score (nSPS) is 17.3. The Labute approximate surface area is 110 Å². The van der Waals surface area contributed by atoms with Crippen molar-refractivity contribution in [2.24, 2.45) is 0 Å². The minimum absolute atomic E-state index is 0.00445. The van der Waals surface area contributed by atoms with E-state index in [9.17, 15) is 18.3 Å². The van der Waals surface area contributed by atoms with Crippen molar-refractivity contribution in [3.05, 3.63) is 28.7 Å². The standard InChI is InChI=1S/C12H12O6S/c1-17-8-4-3-7-5-10(11(13)12(14)18-2)19(15,16)9(7)6-8/h3-6,11,13H,1-2H3. The van der Waals surface area contributed by atoms with Gasteiger partial charge in [0.1, 0.15) is 5.75 Å². The van der Waals surface area contributed by atoms with Crippen LogP contribution in [-0.2, 0) is 19.4 Å². The van der Waals surface area contributed by atoms with Crippen LogP contribution >= 0.6 is 0 Å². The summed E-state index contributed by atoms with van der Waals surface area (Å²) >= 11 is 0. The van der Waals surface area contributed by atoms with E-state index in [2.05, 4.69) is 4.74 Å². The first-order chi connectivity index (χ1) is 8.91. The Balaban J connectivity index is 2.51. The molecule has 0 fully saturated rings. The summed E-state index contributed by atoms with van der Waals surface area (Å²) in [5, 5.41) is 9.70. The average molecular weight is 284 g/mol. The zero-order chi connectivity index (χ0) is 14.2. The van der Waals surface area contributed by atoms with Crippen LogP contribution in [0.4, 0.5) is 0 Å². The maximum Gasteiger partial charge on any atom is 0.340 e. The van der Waals surface area contributed by atoms with Gasteiger partial charge in [-0.05, 0) is 29.8 Å². The van der Waals surface area contributed by atoms with E-state index < -0.39 is 21.9 Å². The summed E-state index contributed by atoms with van der Waals surface area (Å²) in [6.45, 7) is 0. The van der Waals surface area contributed by atoms with E-state index in [1.165, 1.54) is 19.3 Å². The van der Waals surface area contributed by atoms with Gasteiger partial charge in [-0.15, -0.1) is 0 Å². The number of fused-ring (bicyclic) bond motifs is 1. The van der Waals surface area contributed by atoms with Gasteiger partial charge in [0.2, 0.25) is 9.84 Å². The van der Waals surface area contributed by atoms with Gasteiger partial charge in [-0.3, -0.25) is 0 Å². The van der Waals surface area contributed by atoms with Gasteiger partial charge in [0.15, 0.2) is 6.10 Å². The number of methoxy groups -OCH3 is 2. The summed E-state index contributed by atoms with van der Waals surface area (Å²) in [5.41, 5.74) is 0.402. The molecule has 2 rings (SSSR count). The zero-order valence-electron chi connectivity index (χ0n) is 10.3. The highest BCUT2D eigenvalue weighted by Crippen LogP contribution is 2.36. The highest BCUT2D eigenvalue weighted by atomic mass is 32.2. The molecule has 6 nitrogen and oxygen atoms in total. The van der Waals surface area contributed by atoms with Crippen molar-refractivity contribution in [2.75, 3.05) is 14.2 Å². The first-order valence-corrected chi connectivity index (χ1v) is 6.80. The minimum atomic E-state index is -3.90. The highest BCUT2D eigenvalue weighted by molar-refractivity contribution is 7.96. The molecule has 0 saturated carbocycles. The molecule has 102 valence electrons. The SMILES string of the molecule is COC(=O)C(O)C1=Cc2ccc(OC)cc2S1(=O)=O. The molecule has 0 bridgehead atoms. The number of sulfone groups is 1. The molecule has 0 saturated heterocycles. The smallest absolute Gasteiger partial charge is 0.340 e. The summed E-state index contributed by atoms with van der Waals surface area (Å²) in [6.07, 6.45) is -0.570. The van der Waals surface area contributed by atoms with Crippen LogP contribution in [0.3, 0.4) is 0 Å². The zero-order valence-corrected chi connectivity index (χ0v) is 11.1. The van der Waals surface area contributed by atoms with Crippen molar-refractivity contribution < 1.29 is 27.8 Å². The van der Waals surface area contributed by atoms with Crippen molar-refractivity contribution in [1.29, 1.82) is 0 Å². The fourth-order valence-corrected chi connectivity index (χ4v) is 3.44. The maximum atomic E-state index is 12.2. The Morgan fingerprint density at radius 1 is 1.32 bits per heavy atom. The molecule has 1 aliphatic rings. The molecule has 0 aromatic heterocycles. The van der Waals surface area contributed by atoms with E-state index in [1.54, 1.807) is 12.1 Å². The van der Waals surface area contributed by atoms with Gasteiger partial charge in [-0.2, -0.15) is 0 Å². The molecule has 1 aromatic rings. The lowest BCUT2D eigenvalue weighted by atomic mass is 10.2. The van der Waals surface area contributed by atoms with Gasteiger partial charge in [-0.25, -0.2) is 13.2 Å². The number of hydrogen-bond donors (Lipinski definition) is 1. The number of aliphatic hydroxyl groups is 1. The highest BCUT2D eigenvalue weighted by Gasteiger charge is 2.37. The molecular formula is C12H12O6S. The lowest BCUT2D eigenvalue weighted by Gasteiger charge is -2.09. The third kappa shape index (κ3) is 2.11. The Kier molecular flexibility index (Phi) is 3.34. The monoisotopic (exact) mass is 284 g/mol. The molecule has 0 spiro atoms. The van der Waals surface area contributed by atoms with Crippen LogP contribution in [0.2, 0.25) is 0 Å². The topological polar surface area (TPSA) is 89.9 Å². The van der Waals surface area contributed by atoms with Crippen LogP contribution in [0.5, 0.6) is 5.75 Å². The second kappa shape index (κ2) is 4.67. The van der Waals surface area contributed by atoms with Crippen LogP contribution in [0.1, 0.15) is 5.56 Å². The van der Waals surface area contributed by atoms with Crippen LogP contribution < -0.4 is 4.74 Å². The van der Waals surface area contributed by atoms with Crippen LogP contribution in [0, 0.1) is 0 Å². The number of carbonyl (C=O) groups excluding carboxylic acids is 1. The van der Waals surface area contributed by atoms with Crippen LogP contribution in [0.25, 0.3) is 6.08 Å². The van der Waals surface area contributed by atoms with Gasteiger partial charge in [0, 0.05) is 0 Å². The van der Waals surface area contributed by atoms with E-state index in [0.29, 0.717) is 11.3 Å². The first-order valence-electron chi connectivity index (χ1n) is 5.32. The summed E-state index contributed by atoms with van der Waals surface area (Å²) in [7, 11) is -1.41. The van der Waals surface area contributed by atoms with Gasteiger partial charge in [-0.1, -0.05) is 0 Å². The first kappa shape index (κ1) is 13.6. The summed E-state index contributed by atoms with van der Waals surface area (Å²) < 4.78 is 33.7. The number of hydrogen-bond acceptors (Lipinski definition) is 6. The molecule has 0 amide bonds. The minimum Gasteiger partial charge on any atom is -0.497 e. The van der Waals surface area contributed by atoms with Crippen LogP contribution in [-0.4, -0.2) is 39.8 Å². The quantitative estimate of drug-likeness (QED) is 0.806. The van der Waals surface area contributed by atoms with E-state index >= 15 is 0 Å².